The number of amides is 1. The molecule has 148 valence electrons. The van der Waals surface area contributed by atoms with Gasteiger partial charge in [-0.1, -0.05) is 37.1 Å². The number of rotatable bonds is 7. The molecule has 2 atom stereocenters. The molecule has 1 aliphatic rings. The van der Waals surface area contributed by atoms with E-state index in [1.807, 2.05) is 13.0 Å². The molecule has 1 fully saturated rings. The highest BCUT2D eigenvalue weighted by Gasteiger charge is 2.33. The van der Waals surface area contributed by atoms with E-state index in [1.165, 1.54) is 6.07 Å². The van der Waals surface area contributed by atoms with Gasteiger partial charge in [0.05, 0.1) is 15.4 Å². The Morgan fingerprint density at radius 1 is 1.44 bits per heavy atom. The lowest BCUT2D eigenvalue weighted by Gasteiger charge is -2.23. The molecule has 1 saturated carbocycles. The zero-order chi connectivity index (χ0) is 20.0. The van der Waals surface area contributed by atoms with Gasteiger partial charge in [-0.25, -0.2) is 4.39 Å². The molecule has 4 nitrogen and oxygen atoms in total. The van der Waals surface area contributed by atoms with Crippen LogP contribution in [-0.2, 0) is 11.3 Å². The van der Waals surface area contributed by atoms with E-state index in [0.717, 1.165) is 31.4 Å². The molecular weight excluding hydrogens is 435 g/mol. The number of halogens is 3. The first-order valence-electron chi connectivity index (χ1n) is 9.06. The van der Waals surface area contributed by atoms with E-state index < -0.39 is 5.82 Å². The van der Waals surface area contributed by atoms with E-state index in [0.29, 0.717) is 10.0 Å². The van der Waals surface area contributed by atoms with Crippen LogP contribution in [0.15, 0.2) is 40.2 Å². The van der Waals surface area contributed by atoms with Crippen molar-refractivity contribution in [3.8, 4) is 0 Å². The summed E-state index contributed by atoms with van der Waals surface area (Å²) in [4.78, 5) is 12.6. The van der Waals surface area contributed by atoms with Crippen molar-refractivity contribution in [3.63, 3.8) is 0 Å². The number of carbonyl (C=O) groups is 1. The molecule has 0 bridgehead atoms. The summed E-state index contributed by atoms with van der Waals surface area (Å²) in [7, 11) is 0. The Morgan fingerprint density at radius 2 is 2.19 bits per heavy atom. The molecule has 0 heterocycles. The Balaban J connectivity index is 2.01. The molecule has 1 amide bonds. The van der Waals surface area contributed by atoms with Crippen molar-refractivity contribution in [2.24, 2.45) is 5.92 Å². The van der Waals surface area contributed by atoms with E-state index in [1.54, 1.807) is 19.1 Å². The SMILES string of the molecule is CC/C(=C\C(Br)=C(/C)O)N[C@@H]1CCC[C@H]1C(=O)NCc1cccc(Cl)c1F. The summed E-state index contributed by atoms with van der Waals surface area (Å²) in [5.41, 5.74) is 1.32. The molecule has 0 unspecified atom stereocenters. The second-order valence-corrected chi connectivity index (χ2v) is 7.94. The molecule has 0 aromatic heterocycles. The molecule has 2 rings (SSSR count). The highest BCUT2D eigenvalue weighted by molar-refractivity contribution is 9.11. The van der Waals surface area contributed by atoms with Crippen molar-refractivity contribution in [1.82, 2.24) is 10.6 Å². The van der Waals surface area contributed by atoms with Gasteiger partial charge in [-0.15, -0.1) is 0 Å². The molecule has 0 radical (unpaired) electrons. The van der Waals surface area contributed by atoms with Crippen LogP contribution in [0.25, 0.3) is 0 Å². The molecule has 27 heavy (non-hydrogen) atoms. The Morgan fingerprint density at radius 3 is 2.85 bits per heavy atom. The molecule has 7 heteroatoms. The number of allylic oxidation sites excluding steroid dienone is 4. The molecule has 0 spiro atoms. The van der Waals surface area contributed by atoms with Crippen molar-refractivity contribution in [2.45, 2.75) is 52.1 Å². The quantitative estimate of drug-likeness (QED) is 0.381. The molecule has 0 saturated heterocycles. The summed E-state index contributed by atoms with van der Waals surface area (Å²) in [6.07, 6.45) is 5.22. The fraction of sp³-hybridized carbons (Fsp3) is 0.450. The summed E-state index contributed by atoms with van der Waals surface area (Å²) >= 11 is 9.12. The first-order valence-corrected chi connectivity index (χ1v) is 10.2. The maximum absolute atomic E-state index is 14.0. The number of aliphatic hydroxyl groups is 1. The first-order chi connectivity index (χ1) is 12.8. The lowest BCUT2D eigenvalue weighted by atomic mass is 10.0. The van der Waals surface area contributed by atoms with E-state index in [9.17, 15) is 14.3 Å². The number of hydrogen-bond acceptors (Lipinski definition) is 3. The van der Waals surface area contributed by atoms with Gasteiger partial charge in [0.2, 0.25) is 5.91 Å². The van der Waals surface area contributed by atoms with E-state index in [2.05, 4.69) is 26.6 Å². The summed E-state index contributed by atoms with van der Waals surface area (Å²) in [5.74, 6) is -0.562. The van der Waals surface area contributed by atoms with Crippen LogP contribution in [0.4, 0.5) is 4.39 Å². The summed E-state index contributed by atoms with van der Waals surface area (Å²) in [5, 5.41) is 15.9. The van der Waals surface area contributed by atoms with Gasteiger partial charge in [-0.2, -0.15) is 0 Å². The highest BCUT2D eigenvalue weighted by atomic mass is 79.9. The van der Waals surface area contributed by atoms with Crippen LogP contribution in [0, 0.1) is 11.7 Å². The van der Waals surface area contributed by atoms with Gasteiger partial charge < -0.3 is 15.7 Å². The smallest absolute Gasteiger partial charge is 0.225 e. The summed E-state index contributed by atoms with van der Waals surface area (Å²) in [6, 6.07) is 4.78. The molecule has 1 aliphatic carbocycles. The van der Waals surface area contributed by atoms with E-state index in [-0.39, 0.29) is 35.2 Å². The van der Waals surface area contributed by atoms with Crippen molar-refractivity contribution < 1.29 is 14.3 Å². The van der Waals surface area contributed by atoms with Crippen molar-refractivity contribution >= 4 is 33.4 Å². The Bertz CT molecular complexity index is 747. The fourth-order valence-electron chi connectivity index (χ4n) is 3.19. The minimum atomic E-state index is -0.493. The minimum Gasteiger partial charge on any atom is -0.511 e. The number of nitrogens with one attached hydrogen (secondary N) is 2. The zero-order valence-electron chi connectivity index (χ0n) is 15.5. The maximum Gasteiger partial charge on any atom is 0.225 e. The monoisotopic (exact) mass is 458 g/mol. The van der Waals surface area contributed by atoms with Crippen LogP contribution in [0.5, 0.6) is 0 Å². The van der Waals surface area contributed by atoms with Crippen molar-refractivity contribution in [2.75, 3.05) is 0 Å². The average Bonchev–Trinajstić information content (AvgIpc) is 3.10. The van der Waals surface area contributed by atoms with Crippen LogP contribution < -0.4 is 10.6 Å². The molecule has 1 aromatic carbocycles. The van der Waals surface area contributed by atoms with Crippen LogP contribution in [-0.4, -0.2) is 17.1 Å². The van der Waals surface area contributed by atoms with Gasteiger partial charge in [0, 0.05) is 23.8 Å². The standard InChI is InChI=1S/C20H25BrClFN2O2/c1-3-14(10-16(21)12(2)26)25-18-9-5-7-15(18)20(27)24-11-13-6-4-8-17(22)19(13)23/h4,6,8,10,15,18,25-26H,3,5,7,9,11H2,1-2H3,(H,24,27)/b14-10+,16-12-/t15-,18-/m1/s1. The fourth-order valence-corrected chi connectivity index (χ4v) is 3.66. The van der Waals surface area contributed by atoms with Gasteiger partial charge in [0.1, 0.15) is 11.6 Å². The minimum absolute atomic E-state index is 0.0136. The average molecular weight is 460 g/mol. The first kappa shape index (κ1) is 21.8. The third kappa shape index (κ3) is 5.98. The third-order valence-electron chi connectivity index (χ3n) is 4.74. The Hall–Kier alpha value is -1.53. The number of hydrogen-bond donors (Lipinski definition) is 3. The normalized spacial score (nSPS) is 21.0. The second-order valence-electron chi connectivity index (χ2n) is 6.68. The van der Waals surface area contributed by atoms with Crippen LogP contribution in [0.2, 0.25) is 5.02 Å². The second kappa shape index (κ2) is 10.1. The van der Waals surface area contributed by atoms with Crippen LogP contribution in [0.1, 0.15) is 45.1 Å². The number of benzene rings is 1. The predicted molar refractivity (Wildman–Crippen MR) is 110 cm³/mol. The van der Waals surface area contributed by atoms with Gasteiger partial charge in [-0.05, 0) is 54.3 Å². The highest BCUT2D eigenvalue weighted by Crippen LogP contribution is 2.28. The van der Waals surface area contributed by atoms with Crippen molar-refractivity contribution in [3.05, 3.63) is 56.6 Å². The van der Waals surface area contributed by atoms with Gasteiger partial charge in [0.15, 0.2) is 0 Å². The molecular formula is C20H25BrClFN2O2. The van der Waals surface area contributed by atoms with E-state index in [4.69, 9.17) is 11.6 Å². The summed E-state index contributed by atoms with van der Waals surface area (Å²) < 4.78 is 14.6. The predicted octanol–water partition coefficient (Wildman–Crippen LogP) is 5.33. The topological polar surface area (TPSA) is 61.4 Å². The number of aliphatic hydroxyl groups excluding tert-OH is 1. The van der Waals surface area contributed by atoms with Crippen LogP contribution in [0.3, 0.4) is 0 Å². The van der Waals surface area contributed by atoms with Gasteiger partial charge in [0.25, 0.3) is 0 Å². The van der Waals surface area contributed by atoms with Crippen molar-refractivity contribution in [1.29, 1.82) is 0 Å². The van der Waals surface area contributed by atoms with Gasteiger partial charge in [-0.3, -0.25) is 4.79 Å². The Kier molecular flexibility index (Phi) is 8.17. The maximum atomic E-state index is 14.0. The lowest BCUT2D eigenvalue weighted by molar-refractivity contribution is -0.125. The molecule has 1 aromatic rings. The lowest BCUT2D eigenvalue weighted by Crippen LogP contribution is -2.41. The molecule has 3 N–H and O–H groups in total. The summed E-state index contributed by atoms with van der Waals surface area (Å²) in [6.45, 7) is 3.73. The molecule has 0 aliphatic heterocycles. The van der Waals surface area contributed by atoms with Gasteiger partial charge >= 0.3 is 0 Å². The zero-order valence-corrected chi connectivity index (χ0v) is 17.8. The van der Waals surface area contributed by atoms with Crippen LogP contribution >= 0.6 is 27.5 Å². The number of carbonyl (C=O) groups excluding carboxylic acids is 1. The van der Waals surface area contributed by atoms with E-state index >= 15 is 0 Å². The third-order valence-corrected chi connectivity index (χ3v) is 5.83. The Labute approximate surface area is 173 Å². The largest absolute Gasteiger partial charge is 0.511 e.